The molecule has 0 spiro atoms. The summed E-state index contributed by atoms with van der Waals surface area (Å²) in [5.41, 5.74) is 1.79. The maximum absolute atomic E-state index is 12.1. The molecule has 6 nitrogen and oxygen atoms in total. The highest BCUT2D eigenvalue weighted by molar-refractivity contribution is 6.03. The summed E-state index contributed by atoms with van der Waals surface area (Å²) >= 11 is 0. The number of carbonyl (C=O) groups is 1. The van der Waals surface area contributed by atoms with Gasteiger partial charge in [-0.1, -0.05) is 0 Å². The molecule has 1 N–H and O–H groups in total. The van der Waals surface area contributed by atoms with E-state index in [0.29, 0.717) is 32.1 Å². The highest BCUT2D eigenvalue weighted by Gasteiger charge is 2.27. The minimum Gasteiger partial charge on any atom is -0.486 e. The van der Waals surface area contributed by atoms with Gasteiger partial charge in [0.15, 0.2) is 11.5 Å². The zero-order valence-corrected chi connectivity index (χ0v) is 11.8. The monoisotopic (exact) mass is 277 g/mol. The molecule has 6 heteroatoms. The lowest BCUT2D eigenvalue weighted by Crippen LogP contribution is -2.43. The van der Waals surface area contributed by atoms with Crippen LogP contribution in [0.25, 0.3) is 0 Å². The fourth-order valence-electron chi connectivity index (χ4n) is 2.39. The Morgan fingerprint density at radius 3 is 2.65 bits per heavy atom. The van der Waals surface area contributed by atoms with Crippen molar-refractivity contribution in [3.05, 3.63) is 12.1 Å². The maximum atomic E-state index is 12.1. The summed E-state index contributed by atoms with van der Waals surface area (Å²) in [6, 6.07) is 3.81. The first-order valence-electron chi connectivity index (χ1n) is 6.78. The van der Waals surface area contributed by atoms with Crippen LogP contribution in [0.1, 0.15) is 0 Å². The Hall–Kier alpha value is -1.95. The number of hydrogen-bond donors (Lipinski definition) is 1. The molecule has 0 radical (unpaired) electrons. The molecule has 1 aromatic rings. The van der Waals surface area contributed by atoms with E-state index in [1.54, 1.807) is 0 Å². The lowest BCUT2D eigenvalue weighted by Gasteiger charge is -2.32. The van der Waals surface area contributed by atoms with E-state index in [-0.39, 0.29) is 5.91 Å². The van der Waals surface area contributed by atoms with Gasteiger partial charge in [0.25, 0.3) is 0 Å². The van der Waals surface area contributed by atoms with Crippen molar-refractivity contribution < 1.29 is 14.3 Å². The predicted molar refractivity (Wildman–Crippen MR) is 76.8 cm³/mol. The Bertz CT molecular complexity index is 531. The standard InChI is InChI=1S/C14H19N3O3/c1-16(2)3-4-17-11-8-13-12(19-5-6-20-13)7-10(11)15-9-14(17)18/h7-8,15H,3-6,9H2,1-2H3. The summed E-state index contributed by atoms with van der Waals surface area (Å²) in [4.78, 5) is 16.0. The molecule has 0 saturated heterocycles. The molecule has 1 amide bonds. The van der Waals surface area contributed by atoms with Crippen LogP contribution in [0.4, 0.5) is 11.4 Å². The molecular weight excluding hydrogens is 258 g/mol. The van der Waals surface area contributed by atoms with Gasteiger partial charge >= 0.3 is 0 Å². The van der Waals surface area contributed by atoms with Crippen LogP contribution in [0.2, 0.25) is 0 Å². The summed E-state index contributed by atoms with van der Waals surface area (Å²) in [5, 5.41) is 3.14. The van der Waals surface area contributed by atoms with E-state index in [0.717, 1.165) is 23.7 Å². The minimum atomic E-state index is 0.0797. The van der Waals surface area contributed by atoms with E-state index in [2.05, 4.69) is 10.2 Å². The fourth-order valence-corrected chi connectivity index (χ4v) is 2.39. The summed E-state index contributed by atoms with van der Waals surface area (Å²) < 4.78 is 11.2. The third kappa shape index (κ3) is 2.38. The first kappa shape index (κ1) is 13.1. The van der Waals surface area contributed by atoms with Gasteiger partial charge in [-0.15, -0.1) is 0 Å². The molecule has 20 heavy (non-hydrogen) atoms. The molecule has 3 rings (SSSR count). The molecule has 0 bridgehead atoms. The van der Waals surface area contributed by atoms with Crippen molar-refractivity contribution in [3.8, 4) is 11.5 Å². The number of anilines is 2. The number of rotatable bonds is 3. The van der Waals surface area contributed by atoms with Crippen molar-refractivity contribution in [2.24, 2.45) is 0 Å². The highest BCUT2D eigenvalue weighted by Crippen LogP contribution is 2.41. The van der Waals surface area contributed by atoms with Gasteiger partial charge in [0.05, 0.1) is 17.9 Å². The molecule has 0 fully saturated rings. The van der Waals surface area contributed by atoms with Gasteiger partial charge in [-0.05, 0) is 14.1 Å². The summed E-state index contributed by atoms with van der Waals surface area (Å²) in [5.74, 6) is 1.53. The third-order valence-corrected chi connectivity index (χ3v) is 3.45. The lowest BCUT2D eigenvalue weighted by molar-refractivity contribution is -0.117. The van der Waals surface area contributed by atoms with Crippen LogP contribution in [0, 0.1) is 0 Å². The number of carbonyl (C=O) groups excluding carboxylic acids is 1. The number of benzene rings is 1. The minimum absolute atomic E-state index is 0.0797. The van der Waals surface area contributed by atoms with Crippen molar-refractivity contribution in [1.82, 2.24) is 4.90 Å². The second-order valence-electron chi connectivity index (χ2n) is 5.22. The van der Waals surface area contributed by atoms with Gasteiger partial charge in [0.2, 0.25) is 5.91 Å². The largest absolute Gasteiger partial charge is 0.486 e. The van der Waals surface area contributed by atoms with Crippen LogP contribution in [-0.2, 0) is 4.79 Å². The quantitative estimate of drug-likeness (QED) is 0.885. The van der Waals surface area contributed by atoms with E-state index in [1.807, 2.05) is 31.1 Å². The first-order chi connectivity index (χ1) is 9.65. The fraction of sp³-hybridized carbons (Fsp3) is 0.500. The molecule has 2 heterocycles. The number of nitrogens with one attached hydrogen (secondary N) is 1. The van der Waals surface area contributed by atoms with Crippen LogP contribution in [0.5, 0.6) is 11.5 Å². The smallest absolute Gasteiger partial charge is 0.246 e. The molecule has 1 aromatic carbocycles. The highest BCUT2D eigenvalue weighted by atomic mass is 16.6. The van der Waals surface area contributed by atoms with Crippen LogP contribution < -0.4 is 19.7 Å². The van der Waals surface area contributed by atoms with Crippen LogP contribution in [0.3, 0.4) is 0 Å². The van der Waals surface area contributed by atoms with E-state index >= 15 is 0 Å². The molecule has 108 valence electrons. The number of ether oxygens (including phenoxy) is 2. The number of hydrogen-bond acceptors (Lipinski definition) is 5. The maximum Gasteiger partial charge on any atom is 0.246 e. The lowest BCUT2D eigenvalue weighted by atomic mass is 10.1. The van der Waals surface area contributed by atoms with Gasteiger partial charge in [-0.2, -0.15) is 0 Å². The van der Waals surface area contributed by atoms with Crippen molar-refractivity contribution in [1.29, 1.82) is 0 Å². The topological polar surface area (TPSA) is 54.0 Å². The van der Waals surface area contributed by atoms with Gasteiger partial charge in [-0.3, -0.25) is 4.79 Å². The average molecular weight is 277 g/mol. The van der Waals surface area contributed by atoms with E-state index in [9.17, 15) is 4.79 Å². The molecule has 0 saturated carbocycles. The normalized spacial score (nSPS) is 16.9. The Kier molecular flexibility index (Phi) is 3.40. The average Bonchev–Trinajstić information content (AvgIpc) is 2.44. The van der Waals surface area contributed by atoms with E-state index < -0.39 is 0 Å². The second-order valence-corrected chi connectivity index (χ2v) is 5.22. The van der Waals surface area contributed by atoms with Crippen molar-refractivity contribution >= 4 is 17.3 Å². The number of likely N-dealkylation sites (N-methyl/N-ethyl adjacent to an activating group) is 1. The SMILES string of the molecule is CN(C)CCN1C(=O)CNc2cc3c(cc21)OCCO3. The molecular formula is C14H19N3O3. The Labute approximate surface area is 118 Å². The zero-order valence-electron chi connectivity index (χ0n) is 11.8. The molecule has 2 aliphatic heterocycles. The van der Waals surface area contributed by atoms with E-state index in [4.69, 9.17) is 9.47 Å². The molecule has 2 aliphatic rings. The number of nitrogens with zero attached hydrogens (tertiary/aromatic N) is 2. The van der Waals surface area contributed by atoms with Crippen molar-refractivity contribution in [3.63, 3.8) is 0 Å². The summed E-state index contributed by atoms with van der Waals surface area (Å²) in [6.45, 7) is 2.92. The van der Waals surface area contributed by atoms with Gasteiger partial charge in [0, 0.05) is 25.2 Å². The van der Waals surface area contributed by atoms with Crippen LogP contribution in [0.15, 0.2) is 12.1 Å². The number of fused-ring (bicyclic) bond motifs is 2. The molecule has 0 atom stereocenters. The second kappa shape index (κ2) is 5.20. The molecule has 0 unspecified atom stereocenters. The summed E-state index contributed by atoms with van der Waals surface area (Å²) in [6.07, 6.45) is 0. The van der Waals surface area contributed by atoms with Crippen molar-refractivity contribution in [2.45, 2.75) is 0 Å². The van der Waals surface area contributed by atoms with Crippen LogP contribution in [-0.4, -0.2) is 57.8 Å². The molecule has 0 aliphatic carbocycles. The Balaban J connectivity index is 1.92. The third-order valence-electron chi connectivity index (χ3n) is 3.45. The first-order valence-corrected chi connectivity index (χ1v) is 6.78. The number of amides is 1. The van der Waals surface area contributed by atoms with Gasteiger partial charge < -0.3 is 24.6 Å². The van der Waals surface area contributed by atoms with E-state index in [1.165, 1.54) is 0 Å². The van der Waals surface area contributed by atoms with Crippen LogP contribution >= 0.6 is 0 Å². The van der Waals surface area contributed by atoms with Gasteiger partial charge in [-0.25, -0.2) is 0 Å². The Morgan fingerprint density at radius 1 is 1.25 bits per heavy atom. The zero-order chi connectivity index (χ0) is 14.1. The Morgan fingerprint density at radius 2 is 1.95 bits per heavy atom. The van der Waals surface area contributed by atoms with Gasteiger partial charge in [0.1, 0.15) is 13.2 Å². The van der Waals surface area contributed by atoms with Crippen molar-refractivity contribution in [2.75, 3.05) is 57.2 Å². The summed E-state index contributed by atoms with van der Waals surface area (Å²) in [7, 11) is 3.99. The predicted octanol–water partition coefficient (Wildman–Crippen LogP) is 0.778. The molecule has 0 aromatic heterocycles.